The Labute approximate surface area is 100.0 Å². The third-order valence-corrected chi connectivity index (χ3v) is 2.12. The minimum absolute atomic E-state index is 0.0358. The molecule has 6 nitrogen and oxygen atoms in total. The van der Waals surface area contributed by atoms with Gasteiger partial charge in [0, 0.05) is 12.6 Å². The Kier molecular flexibility index (Phi) is 3.07. The molecule has 0 aliphatic rings. The molecule has 2 aromatic rings. The van der Waals surface area contributed by atoms with E-state index in [-0.39, 0.29) is 17.5 Å². The molecule has 0 aliphatic carbocycles. The minimum atomic E-state index is -4.59. The number of hydrogen-bond acceptors (Lipinski definition) is 5. The average Bonchev–Trinajstić information content (AvgIpc) is 2.68. The first-order valence-corrected chi connectivity index (χ1v) is 5.17. The monoisotopic (exact) mass is 260 g/mol. The van der Waals surface area contributed by atoms with E-state index in [1.54, 1.807) is 6.92 Å². The average molecular weight is 260 g/mol. The van der Waals surface area contributed by atoms with Crippen molar-refractivity contribution in [1.82, 2.24) is 19.8 Å². The van der Waals surface area contributed by atoms with E-state index in [9.17, 15) is 13.2 Å². The predicted octanol–water partition coefficient (Wildman–Crippen LogP) is 0.902. The van der Waals surface area contributed by atoms with Gasteiger partial charge < -0.3 is 11.1 Å². The van der Waals surface area contributed by atoms with Crippen molar-refractivity contribution >= 4 is 11.5 Å². The number of nitrogens with zero attached hydrogens (tertiary/aromatic N) is 4. The maximum atomic E-state index is 12.6. The zero-order valence-corrected chi connectivity index (χ0v) is 9.44. The van der Waals surface area contributed by atoms with Crippen LogP contribution < -0.4 is 11.1 Å². The van der Waals surface area contributed by atoms with Crippen molar-refractivity contribution in [2.45, 2.75) is 19.1 Å². The van der Waals surface area contributed by atoms with E-state index in [1.165, 1.54) is 12.1 Å². The predicted molar refractivity (Wildman–Crippen MR) is 57.9 cm³/mol. The summed E-state index contributed by atoms with van der Waals surface area (Å²) in [6, 6.07) is 2.79. The molecular formula is C9H11F3N6. The number of nitrogens with one attached hydrogen (secondary N) is 1. The molecule has 0 aromatic carbocycles. The molecular weight excluding hydrogens is 249 g/mol. The lowest BCUT2D eigenvalue weighted by Crippen LogP contribution is -2.25. The third kappa shape index (κ3) is 2.50. The standard InChI is InChI=1S/C9H11F3N6/c1-5(13)4-14-6-2-3-7-15-16-8(9(10,11)12)18(7)17-6/h2-3,5H,4,13H2,1H3,(H,14,17). The second-order valence-corrected chi connectivity index (χ2v) is 3.87. The molecule has 2 aromatic heterocycles. The fourth-order valence-corrected chi connectivity index (χ4v) is 1.33. The van der Waals surface area contributed by atoms with Crippen molar-refractivity contribution in [3.05, 3.63) is 18.0 Å². The Morgan fingerprint density at radius 1 is 1.39 bits per heavy atom. The number of rotatable bonds is 3. The maximum Gasteiger partial charge on any atom is 0.453 e. The Bertz CT molecular complexity index is 547. The van der Waals surface area contributed by atoms with E-state index in [0.29, 0.717) is 11.1 Å². The second-order valence-electron chi connectivity index (χ2n) is 3.87. The van der Waals surface area contributed by atoms with E-state index in [0.717, 1.165) is 0 Å². The van der Waals surface area contributed by atoms with Crippen LogP contribution in [0.1, 0.15) is 12.7 Å². The highest BCUT2D eigenvalue weighted by atomic mass is 19.4. The highest BCUT2D eigenvalue weighted by Gasteiger charge is 2.37. The molecule has 3 N–H and O–H groups in total. The lowest BCUT2D eigenvalue weighted by atomic mass is 10.3. The first kappa shape index (κ1) is 12.6. The number of nitrogens with two attached hydrogens (primary N) is 1. The number of halogens is 3. The first-order chi connectivity index (χ1) is 8.38. The van der Waals surface area contributed by atoms with Crippen molar-refractivity contribution in [1.29, 1.82) is 0 Å². The van der Waals surface area contributed by atoms with E-state index in [2.05, 4.69) is 20.6 Å². The number of alkyl halides is 3. The van der Waals surface area contributed by atoms with Gasteiger partial charge >= 0.3 is 6.18 Å². The van der Waals surface area contributed by atoms with Crippen LogP contribution in [-0.4, -0.2) is 32.4 Å². The molecule has 0 spiro atoms. The lowest BCUT2D eigenvalue weighted by molar-refractivity contribution is -0.146. The van der Waals surface area contributed by atoms with Crippen LogP contribution in [0.3, 0.4) is 0 Å². The summed E-state index contributed by atoms with van der Waals surface area (Å²) in [6.45, 7) is 2.17. The van der Waals surface area contributed by atoms with Gasteiger partial charge in [0.2, 0.25) is 0 Å². The molecule has 0 saturated carbocycles. The van der Waals surface area contributed by atoms with E-state index < -0.39 is 12.0 Å². The molecule has 1 atom stereocenters. The number of aromatic nitrogens is 4. The number of anilines is 1. The van der Waals surface area contributed by atoms with Gasteiger partial charge in [-0.15, -0.1) is 15.3 Å². The molecule has 0 bridgehead atoms. The second kappa shape index (κ2) is 4.41. The molecule has 18 heavy (non-hydrogen) atoms. The van der Waals surface area contributed by atoms with Crippen molar-refractivity contribution in [2.24, 2.45) is 5.73 Å². The molecule has 0 amide bonds. The summed E-state index contributed by atoms with van der Waals surface area (Å²) in [7, 11) is 0. The van der Waals surface area contributed by atoms with Crippen LogP contribution in [0.2, 0.25) is 0 Å². The lowest BCUT2D eigenvalue weighted by Gasteiger charge is -2.09. The highest BCUT2D eigenvalue weighted by Crippen LogP contribution is 2.27. The van der Waals surface area contributed by atoms with Gasteiger partial charge in [-0.05, 0) is 19.1 Å². The quantitative estimate of drug-likeness (QED) is 0.857. The van der Waals surface area contributed by atoms with Crippen LogP contribution >= 0.6 is 0 Å². The third-order valence-electron chi connectivity index (χ3n) is 2.12. The van der Waals surface area contributed by atoms with Gasteiger partial charge in [0.05, 0.1) is 0 Å². The van der Waals surface area contributed by atoms with E-state index in [4.69, 9.17) is 5.73 Å². The number of fused-ring (bicyclic) bond motifs is 1. The van der Waals surface area contributed by atoms with Gasteiger partial charge in [-0.2, -0.15) is 17.7 Å². The zero-order valence-electron chi connectivity index (χ0n) is 9.44. The molecule has 0 aliphatic heterocycles. The van der Waals surface area contributed by atoms with Gasteiger partial charge in [0.15, 0.2) is 5.65 Å². The minimum Gasteiger partial charge on any atom is -0.367 e. The fraction of sp³-hybridized carbons (Fsp3) is 0.444. The molecule has 98 valence electrons. The summed E-state index contributed by atoms with van der Waals surface area (Å²) < 4.78 is 38.4. The van der Waals surface area contributed by atoms with Crippen LogP contribution in [0.5, 0.6) is 0 Å². The Morgan fingerprint density at radius 2 is 2.11 bits per heavy atom. The topological polar surface area (TPSA) is 81.1 Å². The van der Waals surface area contributed by atoms with Crippen LogP contribution in [0, 0.1) is 0 Å². The maximum absolute atomic E-state index is 12.6. The summed E-state index contributed by atoms with van der Waals surface area (Å²) in [5.74, 6) is -0.868. The summed E-state index contributed by atoms with van der Waals surface area (Å²) in [4.78, 5) is 0. The van der Waals surface area contributed by atoms with Gasteiger partial charge in [0.1, 0.15) is 5.82 Å². The summed E-state index contributed by atoms with van der Waals surface area (Å²) in [5.41, 5.74) is 5.57. The Morgan fingerprint density at radius 3 is 2.72 bits per heavy atom. The zero-order chi connectivity index (χ0) is 13.3. The molecule has 2 heterocycles. The van der Waals surface area contributed by atoms with Gasteiger partial charge in [-0.25, -0.2) is 0 Å². The van der Waals surface area contributed by atoms with E-state index in [1.807, 2.05) is 0 Å². The molecule has 0 fully saturated rings. The van der Waals surface area contributed by atoms with Crippen molar-refractivity contribution in [2.75, 3.05) is 11.9 Å². The Hall–Kier alpha value is -1.90. The largest absolute Gasteiger partial charge is 0.453 e. The first-order valence-electron chi connectivity index (χ1n) is 5.17. The highest BCUT2D eigenvalue weighted by molar-refractivity contribution is 5.44. The Balaban J connectivity index is 2.36. The van der Waals surface area contributed by atoms with Gasteiger partial charge in [0.25, 0.3) is 5.82 Å². The van der Waals surface area contributed by atoms with E-state index >= 15 is 0 Å². The van der Waals surface area contributed by atoms with Crippen LogP contribution in [-0.2, 0) is 6.18 Å². The molecule has 2 rings (SSSR count). The van der Waals surface area contributed by atoms with Crippen molar-refractivity contribution < 1.29 is 13.2 Å². The molecule has 0 radical (unpaired) electrons. The summed E-state index contributed by atoms with van der Waals surface area (Å²) in [5, 5.41) is 13.1. The van der Waals surface area contributed by atoms with Crippen LogP contribution in [0.4, 0.5) is 19.0 Å². The normalized spacial score (nSPS) is 13.8. The van der Waals surface area contributed by atoms with Gasteiger partial charge in [-0.1, -0.05) is 0 Å². The van der Waals surface area contributed by atoms with Gasteiger partial charge in [-0.3, -0.25) is 0 Å². The number of hydrogen-bond donors (Lipinski definition) is 2. The molecule has 0 saturated heterocycles. The SMILES string of the molecule is CC(N)CNc1ccc2nnc(C(F)(F)F)n2n1. The van der Waals surface area contributed by atoms with Crippen LogP contribution in [0.25, 0.3) is 5.65 Å². The van der Waals surface area contributed by atoms with Crippen LogP contribution in [0.15, 0.2) is 12.1 Å². The van der Waals surface area contributed by atoms with Crippen molar-refractivity contribution in [3.63, 3.8) is 0 Å². The smallest absolute Gasteiger partial charge is 0.367 e. The fourth-order valence-electron chi connectivity index (χ4n) is 1.33. The molecule has 9 heteroatoms. The van der Waals surface area contributed by atoms with Crippen molar-refractivity contribution in [3.8, 4) is 0 Å². The summed E-state index contributed by atoms with van der Waals surface area (Å²) in [6.07, 6.45) is -4.59. The summed E-state index contributed by atoms with van der Waals surface area (Å²) >= 11 is 0. The molecule has 1 unspecified atom stereocenters.